The van der Waals surface area contributed by atoms with Crippen LogP contribution in [0.1, 0.15) is 38.4 Å². The standard InChI is InChI=1S/C15H23N3O2S/c1-6-18(9-13(19)17-15(3,4)5)14(20)8-7-12-10-21-11(2)16-12/h7-8,10H,6,9H2,1-5H3,(H,17,19)/b8-7+. The highest BCUT2D eigenvalue weighted by Gasteiger charge is 2.18. The van der Waals surface area contributed by atoms with Gasteiger partial charge in [-0.3, -0.25) is 9.59 Å². The molecule has 0 bridgehead atoms. The van der Waals surface area contributed by atoms with E-state index in [0.29, 0.717) is 6.54 Å². The van der Waals surface area contributed by atoms with E-state index in [9.17, 15) is 9.59 Å². The number of rotatable bonds is 5. The first-order chi connectivity index (χ1) is 9.71. The van der Waals surface area contributed by atoms with Crippen molar-refractivity contribution in [3.8, 4) is 0 Å². The van der Waals surface area contributed by atoms with Crippen molar-refractivity contribution in [2.24, 2.45) is 0 Å². The van der Waals surface area contributed by atoms with Crippen molar-refractivity contribution >= 4 is 29.2 Å². The van der Waals surface area contributed by atoms with Crippen LogP contribution in [0, 0.1) is 6.92 Å². The number of hydrogen-bond donors (Lipinski definition) is 1. The molecule has 0 aliphatic heterocycles. The monoisotopic (exact) mass is 309 g/mol. The molecule has 0 atom stereocenters. The summed E-state index contributed by atoms with van der Waals surface area (Å²) in [5.41, 5.74) is 0.467. The van der Waals surface area contributed by atoms with Crippen LogP contribution in [0.5, 0.6) is 0 Å². The molecule has 1 rings (SSSR count). The maximum absolute atomic E-state index is 12.1. The zero-order valence-electron chi connectivity index (χ0n) is 13.3. The smallest absolute Gasteiger partial charge is 0.247 e. The summed E-state index contributed by atoms with van der Waals surface area (Å²) in [5, 5.41) is 5.70. The van der Waals surface area contributed by atoms with Crippen molar-refractivity contribution in [3.05, 3.63) is 22.2 Å². The summed E-state index contributed by atoms with van der Waals surface area (Å²) < 4.78 is 0. The highest BCUT2D eigenvalue weighted by atomic mass is 32.1. The molecule has 0 spiro atoms. The fraction of sp³-hybridized carbons (Fsp3) is 0.533. The first-order valence-electron chi connectivity index (χ1n) is 6.91. The molecular formula is C15H23N3O2S. The van der Waals surface area contributed by atoms with Gasteiger partial charge in [-0.25, -0.2) is 4.98 Å². The zero-order valence-corrected chi connectivity index (χ0v) is 14.1. The number of nitrogens with zero attached hydrogens (tertiary/aromatic N) is 2. The Labute approximate surface area is 130 Å². The van der Waals surface area contributed by atoms with E-state index >= 15 is 0 Å². The molecule has 2 amide bonds. The van der Waals surface area contributed by atoms with Gasteiger partial charge in [-0.05, 0) is 40.7 Å². The van der Waals surface area contributed by atoms with E-state index < -0.39 is 0 Å². The Bertz CT molecular complexity index is 529. The number of hydrogen-bond acceptors (Lipinski definition) is 4. The number of thiazole rings is 1. The lowest BCUT2D eigenvalue weighted by Gasteiger charge is -2.24. The highest BCUT2D eigenvalue weighted by Crippen LogP contribution is 2.09. The van der Waals surface area contributed by atoms with Crippen molar-refractivity contribution < 1.29 is 9.59 Å². The minimum Gasteiger partial charge on any atom is -0.350 e. The molecule has 0 aliphatic rings. The van der Waals surface area contributed by atoms with Crippen LogP contribution < -0.4 is 5.32 Å². The van der Waals surface area contributed by atoms with Gasteiger partial charge in [0.2, 0.25) is 11.8 Å². The molecule has 0 saturated heterocycles. The van der Waals surface area contributed by atoms with E-state index in [1.165, 1.54) is 22.3 Å². The van der Waals surface area contributed by atoms with Crippen LogP contribution in [-0.2, 0) is 9.59 Å². The number of carbonyl (C=O) groups is 2. The molecule has 5 nitrogen and oxygen atoms in total. The Kier molecular flexibility index (Phi) is 6.08. The molecule has 0 fully saturated rings. The van der Waals surface area contributed by atoms with Gasteiger partial charge >= 0.3 is 0 Å². The molecule has 0 aromatic carbocycles. The molecule has 0 unspecified atom stereocenters. The Morgan fingerprint density at radius 1 is 1.43 bits per heavy atom. The van der Waals surface area contributed by atoms with Crippen LogP contribution in [0.2, 0.25) is 0 Å². The molecule has 0 radical (unpaired) electrons. The summed E-state index contributed by atoms with van der Waals surface area (Å²) in [4.78, 5) is 29.7. The Morgan fingerprint density at radius 3 is 2.57 bits per heavy atom. The molecule has 1 heterocycles. The number of nitrogens with one attached hydrogen (secondary N) is 1. The van der Waals surface area contributed by atoms with Crippen LogP contribution in [0.15, 0.2) is 11.5 Å². The third-order valence-corrected chi connectivity index (χ3v) is 3.37. The normalized spacial score (nSPS) is 11.7. The molecule has 1 N–H and O–H groups in total. The lowest BCUT2D eigenvalue weighted by atomic mass is 10.1. The number of carbonyl (C=O) groups excluding carboxylic acids is 2. The average Bonchev–Trinajstić information content (AvgIpc) is 2.76. The van der Waals surface area contributed by atoms with E-state index in [1.807, 2.05) is 40.0 Å². The second kappa shape index (κ2) is 7.36. The maximum Gasteiger partial charge on any atom is 0.247 e. The Morgan fingerprint density at radius 2 is 2.10 bits per heavy atom. The zero-order chi connectivity index (χ0) is 16.0. The van der Waals surface area contributed by atoms with Gasteiger partial charge in [0, 0.05) is 23.5 Å². The summed E-state index contributed by atoms with van der Waals surface area (Å²) in [7, 11) is 0. The minimum absolute atomic E-state index is 0.0625. The number of amides is 2. The first kappa shape index (κ1) is 17.4. The molecule has 1 aromatic rings. The van der Waals surface area contributed by atoms with Crippen LogP contribution in [-0.4, -0.2) is 40.3 Å². The van der Waals surface area contributed by atoms with Gasteiger partial charge in [-0.1, -0.05) is 0 Å². The lowest BCUT2D eigenvalue weighted by molar-refractivity contribution is -0.132. The molecule has 6 heteroatoms. The number of aromatic nitrogens is 1. The van der Waals surface area contributed by atoms with Gasteiger partial charge in [0.15, 0.2) is 0 Å². The van der Waals surface area contributed by atoms with E-state index in [-0.39, 0.29) is 23.9 Å². The molecule has 116 valence electrons. The van der Waals surface area contributed by atoms with E-state index in [4.69, 9.17) is 0 Å². The SMILES string of the molecule is CCN(CC(=O)NC(C)(C)C)C(=O)/C=C/c1csc(C)n1. The predicted octanol–water partition coefficient (Wildman–Crippen LogP) is 2.23. The summed E-state index contributed by atoms with van der Waals surface area (Å²) in [6.45, 7) is 10.0. The highest BCUT2D eigenvalue weighted by molar-refractivity contribution is 7.09. The number of aryl methyl sites for hydroxylation is 1. The predicted molar refractivity (Wildman–Crippen MR) is 86.0 cm³/mol. The van der Waals surface area contributed by atoms with Crippen molar-refractivity contribution in [3.63, 3.8) is 0 Å². The average molecular weight is 309 g/mol. The Balaban J connectivity index is 2.61. The van der Waals surface area contributed by atoms with Crippen LogP contribution >= 0.6 is 11.3 Å². The van der Waals surface area contributed by atoms with Gasteiger partial charge in [0.25, 0.3) is 0 Å². The Hall–Kier alpha value is -1.69. The molecule has 21 heavy (non-hydrogen) atoms. The maximum atomic E-state index is 12.1. The number of likely N-dealkylation sites (N-methyl/N-ethyl adjacent to an activating group) is 1. The van der Waals surface area contributed by atoms with E-state index in [2.05, 4.69) is 10.3 Å². The summed E-state index contributed by atoms with van der Waals surface area (Å²) in [6, 6.07) is 0. The third-order valence-electron chi connectivity index (χ3n) is 2.58. The summed E-state index contributed by atoms with van der Waals surface area (Å²) >= 11 is 1.54. The second-order valence-electron chi connectivity index (χ2n) is 5.78. The van der Waals surface area contributed by atoms with Crippen molar-refractivity contribution in [2.45, 2.75) is 40.2 Å². The molecule has 1 aromatic heterocycles. The largest absolute Gasteiger partial charge is 0.350 e. The van der Waals surface area contributed by atoms with E-state index in [1.54, 1.807) is 6.08 Å². The molecule has 0 saturated carbocycles. The van der Waals surface area contributed by atoms with Gasteiger partial charge in [0.1, 0.15) is 0 Å². The van der Waals surface area contributed by atoms with Crippen LogP contribution in [0.25, 0.3) is 6.08 Å². The van der Waals surface area contributed by atoms with Crippen LogP contribution in [0.4, 0.5) is 0 Å². The molecular weight excluding hydrogens is 286 g/mol. The van der Waals surface area contributed by atoms with Crippen molar-refractivity contribution in [2.75, 3.05) is 13.1 Å². The molecule has 0 aliphatic carbocycles. The van der Waals surface area contributed by atoms with Gasteiger partial charge in [-0.15, -0.1) is 11.3 Å². The first-order valence-corrected chi connectivity index (χ1v) is 7.79. The summed E-state index contributed by atoms with van der Waals surface area (Å²) in [6.07, 6.45) is 3.14. The third kappa shape index (κ3) is 6.53. The second-order valence-corrected chi connectivity index (χ2v) is 6.84. The topological polar surface area (TPSA) is 62.3 Å². The van der Waals surface area contributed by atoms with Gasteiger partial charge in [0.05, 0.1) is 17.2 Å². The lowest BCUT2D eigenvalue weighted by Crippen LogP contribution is -2.47. The fourth-order valence-corrected chi connectivity index (χ4v) is 2.28. The minimum atomic E-state index is -0.298. The van der Waals surface area contributed by atoms with Gasteiger partial charge < -0.3 is 10.2 Å². The quantitative estimate of drug-likeness (QED) is 0.848. The van der Waals surface area contributed by atoms with E-state index in [0.717, 1.165) is 10.7 Å². The van der Waals surface area contributed by atoms with Crippen molar-refractivity contribution in [1.29, 1.82) is 0 Å². The van der Waals surface area contributed by atoms with Crippen LogP contribution in [0.3, 0.4) is 0 Å². The van der Waals surface area contributed by atoms with Crippen molar-refractivity contribution in [1.82, 2.24) is 15.2 Å². The fourth-order valence-electron chi connectivity index (χ4n) is 1.70. The summed E-state index contributed by atoms with van der Waals surface area (Å²) in [5.74, 6) is -0.345. The van der Waals surface area contributed by atoms with Gasteiger partial charge in [-0.2, -0.15) is 0 Å².